The molecule has 5 nitrogen and oxygen atoms in total. The van der Waals surface area contributed by atoms with Crippen LogP contribution in [0.25, 0.3) is 22.2 Å². The Balaban J connectivity index is 1.53. The topological polar surface area (TPSA) is 70.7 Å². The molecule has 0 atom stereocenters. The molecule has 4 rings (SSSR count). The lowest BCUT2D eigenvalue weighted by atomic mass is 10.0. The number of benzene rings is 1. The SMILES string of the molecule is O=C(Cc1ccc(-c2cnc3[nH]c(Cl)cc3c2)cc1F)Nc1ccncc1. The molecule has 3 heterocycles. The van der Waals surface area contributed by atoms with Crippen LogP contribution in [0.3, 0.4) is 0 Å². The summed E-state index contributed by atoms with van der Waals surface area (Å²) in [7, 11) is 0. The van der Waals surface area contributed by atoms with Crippen LogP contribution in [0.2, 0.25) is 5.15 Å². The number of nitrogens with zero attached hydrogens (tertiary/aromatic N) is 2. The number of amides is 1. The van der Waals surface area contributed by atoms with Crippen molar-refractivity contribution in [3.05, 3.63) is 77.6 Å². The second-order valence-electron chi connectivity index (χ2n) is 6.05. The van der Waals surface area contributed by atoms with Crippen LogP contribution < -0.4 is 5.32 Å². The molecule has 7 heteroatoms. The summed E-state index contributed by atoms with van der Waals surface area (Å²) in [6.45, 7) is 0. The Morgan fingerprint density at radius 3 is 2.70 bits per heavy atom. The summed E-state index contributed by atoms with van der Waals surface area (Å²) < 4.78 is 14.5. The van der Waals surface area contributed by atoms with Crippen molar-refractivity contribution >= 4 is 34.2 Å². The summed E-state index contributed by atoms with van der Waals surface area (Å²) in [5, 5.41) is 4.06. The van der Waals surface area contributed by atoms with E-state index in [4.69, 9.17) is 11.6 Å². The molecule has 27 heavy (non-hydrogen) atoms. The van der Waals surface area contributed by atoms with Crippen LogP contribution in [0, 0.1) is 5.82 Å². The number of hydrogen-bond donors (Lipinski definition) is 2. The third-order valence-corrected chi connectivity index (χ3v) is 4.34. The lowest BCUT2D eigenvalue weighted by Crippen LogP contribution is -2.15. The van der Waals surface area contributed by atoms with Crippen molar-refractivity contribution in [2.45, 2.75) is 6.42 Å². The monoisotopic (exact) mass is 380 g/mol. The van der Waals surface area contributed by atoms with E-state index in [9.17, 15) is 9.18 Å². The van der Waals surface area contributed by atoms with E-state index < -0.39 is 5.82 Å². The van der Waals surface area contributed by atoms with Crippen LogP contribution in [-0.2, 0) is 11.2 Å². The van der Waals surface area contributed by atoms with E-state index in [1.807, 2.05) is 6.07 Å². The Kier molecular flexibility index (Phi) is 4.56. The summed E-state index contributed by atoms with van der Waals surface area (Å²) in [5.41, 5.74) is 3.07. The molecule has 2 N–H and O–H groups in total. The van der Waals surface area contributed by atoms with Crippen molar-refractivity contribution in [1.29, 1.82) is 0 Å². The number of nitrogens with one attached hydrogen (secondary N) is 2. The average Bonchev–Trinajstić information content (AvgIpc) is 3.03. The number of carbonyl (C=O) groups is 1. The molecular weight excluding hydrogens is 367 g/mol. The summed E-state index contributed by atoms with van der Waals surface area (Å²) in [4.78, 5) is 23.2. The van der Waals surface area contributed by atoms with E-state index >= 15 is 0 Å². The van der Waals surface area contributed by atoms with Crippen LogP contribution in [0.4, 0.5) is 10.1 Å². The lowest BCUT2D eigenvalue weighted by molar-refractivity contribution is -0.115. The highest BCUT2D eigenvalue weighted by molar-refractivity contribution is 6.30. The summed E-state index contributed by atoms with van der Waals surface area (Å²) in [6, 6.07) is 11.8. The lowest BCUT2D eigenvalue weighted by Gasteiger charge is -2.08. The van der Waals surface area contributed by atoms with Gasteiger partial charge in [0.2, 0.25) is 5.91 Å². The largest absolute Gasteiger partial charge is 0.330 e. The molecule has 0 saturated carbocycles. The normalized spacial score (nSPS) is 10.9. The average molecular weight is 381 g/mol. The van der Waals surface area contributed by atoms with Gasteiger partial charge in [-0.25, -0.2) is 9.37 Å². The van der Waals surface area contributed by atoms with Crippen molar-refractivity contribution < 1.29 is 9.18 Å². The Labute approximate surface area is 159 Å². The Hall–Kier alpha value is -3.25. The highest BCUT2D eigenvalue weighted by atomic mass is 35.5. The minimum Gasteiger partial charge on any atom is -0.330 e. The highest BCUT2D eigenvalue weighted by Gasteiger charge is 2.11. The van der Waals surface area contributed by atoms with Crippen molar-refractivity contribution in [3.63, 3.8) is 0 Å². The van der Waals surface area contributed by atoms with Gasteiger partial charge in [-0.2, -0.15) is 0 Å². The van der Waals surface area contributed by atoms with E-state index in [1.54, 1.807) is 48.9 Å². The number of rotatable bonds is 4. The Morgan fingerprint density at radius 1 is 1.11 bits per heavy atom. The molecule has 0 aliphatic heterocycles. The molecule has 1 aromatic carbocycles. The number of carbonyl (C=O) groups excluding carboxylic acids is 1. The van der Waals surface area contributed by atoms with Gasteiger partial charge in [-0.05, 0) is 41.5 Å². The molecule has 0 spiro atoms. The number of aromatic amines is 1. The first-order valence-electron chi connectivity index (χ1n) is 8.21. The zero-order chi connectivity index (χ0) is 18.8. The van der Waals surface area contributed by atoms with Gasteiger partial charge >= 0.3 is 0 Å². The maximum absolute atomic E-state index is 14.5. The number of fused-ring (bicyclic) bond motifs is 1. The highest BCUT2D eigenvalue weighted by Crippen LogP contribution is 2.26. The minimum absolute atomic E-state index is 0.0564. The van der Waals surface area contributed by atoms with Gasteiger partial charge in [0.15, 0.2) is 0 Å². The molecule has 134 valence electrons. The van der Waals surface area contributed by atoms with Crippen molar-refractivity contribution in [3.8, 4) is 11.1 Å². The van der Waals surface area contributed by atoms with Crippen LogP contribution in [-0.4, -0.2) is 20.9 Å². The van der Waals surface area contributed by atoms with Crippen LogP contribution in [0.5, 0.6) is 0 Å². The van der Waals surface area contributed by atoms with E-state index in [1.165, 1.54) is 6.07 Å². The molecule has 0 bridgehead atoms. The maximum Gasteiger partial charge on any atom is 0.228 e. The summed E-state index contributed by atoms with van der Waals surface area (Å²) in [6.07, 6.45) is 4.75. The van der Waals surface area contributed by atoms with E-state index in [0.717, 1.165) is 10.9 Å². The molecule has 1 amide bonds. The number of pyridine rings is 2. The van der Waals surface area contributed by atoms with Crippen LogP contribution >= 0.6 is 11.6 Å². The first kappa shape index (κ1) is 17.2. The van der Waals surface area contributed by atoms with Gasteiger partial charge in [-0.1, -0.05) is 23.7 Å². The number of hydrogen-bond acceptors (Lipinski definition) is 3. The molecule has 3 aromatic heterocycles. The fraction of sp³-hybridized carbons (Fsp3) is 0.0500. The fourth-order valence-corrected chi connectivity index (χ4v) is 3.03. The molecule has 0 unspecified atom stereocenters. The number of H-pyrrole nitrogens is 1. The number of anilines is 1. The van der Waals surface area contributed by atoms with Crippen molar-refractivity contribution in [2.24, 2.45) is 0 Å². The third-order valence-electron chi connectivity index (χ3n) is 4.14. The minimum atomic E-state index is -0.440. The smallest absolute Gasteiger partial charge is 0.228 e. The van der Waals surface area contributed by atoms with E-state index in [-0.39, 0.29) is 12.3 Å². The van der Waals surface area contributed by atoms with E-state index in [0.29, 0.717) is 27.6 Å². The molecule has 0 fully saturated rings. The first-order chi connectivity index (χ1) is 13.1. The number of halogens is 2. The predicted molar refractivity (Wildman–Crippen MR) is 103 cm³/mol. The van der Waals surface area contributed by atoms with Crippen LogP contribution in [0.1, 0.15) is 5.56 Å². The Morgan fingerprint density at radius 2 is 1.93 bits per heavy atom. The van der Waals surface area contributed by atoms with Crippen LogP contribution in [0.15, 0.2) is 61.1 Å². The van der Waals surface area contributed by atoms with Gasteiger partial charge in [-0.15, -0.1) is 0 Å². The first-order valence-corrected chi connectivity index (χ1v) is 8.59. The standard InChI is InChI=1S/C20H14ClFN4O/c21-18-9-14-7-15(11-24-20(14)26-18)12-1-2-13(17(22)8-12)10-19(27)25-16-3-5-23-6-4-16/h1-9,11H,10H2,(H,24,26)(H,23,25,27). The maximum atomic E-state index is 14.5. The number of aromatic nitrogens is 3. The van der Waals surface area contributed by atoms with E-state index in [2.05, 4.69) is 20.3 Å². The van der Waals surface area contributed by atoms with Gasteiger partial charge in [-0.3, -0.25) is 9.78 Å². The molecule has 4 aromatic rings. The van der Waals surface area contributed by atoms with Gasteiger partial charge < -0.3 is 10.3 Å². The second-order valence-corrected chi connectivity index (χ2v) is 6.45. The van der Waals surface area contributed by atoms with Gasteiger partial charge in [0, 0.05) is 35.2 Å². The third kappa shape index (κ3) is 3.80. The van der Waals surface area contributed by atoms with Gasteiger partial charge in [0.25, 0.3) is 0 Å². The molecule has 0 aliphatic carbocycles. The molecule has 0 saturated heterocycles. The Bertz CT molecular complexity index is 1130. The van der Waals surface area contributed by atoms with Crippen molar-refractivity contribution in [2.75, 3.05) is 5.32 Å². The summed E-state index contributed by atoms with van der Waals surface area (Å²) >= 11 is 5.94. The quantitative estimate of drug-likeness (QED) is 0.543. The summed E-state index contributed by atoms with van der Waals surface area (Å²) in [5.74, 6) is -0.734. The molecule has 0 aliphatic rings. The van der Waals surface area contributed by atoms with Gasteiger partial charge in [0.05, 0.1) is 6.42 Å². The molecular formula is C20H14ClFN4O. The zero-order valence-electron chi connectivity index (χ0n) is 14.0. The van der Waals surface area contributed by atoms with Crippen molar-refractivity contribution in [1.82, 2.24) is 15.0 Å². The zero-order valence-corrected chi connectivity index (χ0v) is 14.8. The van der Waals surface area contributed by atoms with Gasteiger partial charge in [0.1, 0.15) is 16.6 Å². The predicted octanol–water partition coefficient (Wildman–Crippen LogP) is 4.60. The molecule has 0 radical (unpaired) electrons. The second kappa shape index (κ2) is 7.17. The fourth-order valence-electron chi connectivity index (χ4n) is 2.82.